The third kappa shape index (κ3) is 4.07. The van der Waals surface area contributed by atoms with E-state index in [9.17, 15) is 0 Å². The van der Waals surface area contributed by atoms with Crippen LogP contribution in [0.3, 0.4) is 0 Å². The molecule has 3 heteroatoms. The van der Waals surface area contributed by atoms with Crippen LogP contribution in [0.25, 0.3) is 0 Å². The predicted octanol–water partition coefficient (Wildman–Crippen LogP) is 1.61. The van der Waals surface area contributed by atoms with Crippen LogP contribution in [0.2, 0.25) is 0 Å². The first-order valence-electron chi connectivity index (χ1n) is 5.17. The van der Waals surface area contributed by atoms with E-state index in [2.05, 4.69) is 0 Å². The second kappa shape index (κ2) is 6.35. The number of hydrogen-bond acceptors (Lipinski definition) is 3. The second-order valence-corrected chi connectivity index (χ2v) is 3.28. The van der Waals surface area contributed by atoms with Crippen LogP contribution in [0, 0.1) is 0 Å². The SMILES string of the molecule is CCOCC1CCC(COCC)O1. The largest absolute Gasteiger partial charge is 0.379 e. The first-order chi connectivity index (χ1) is 6.36. The maximum Gasteiger partial charge on any atom is 0.0814 e. The third-order valence-electron chi connectivity index (χ3n) is 2.21. The zero-order valence-corrected chi connectivity index (χ0v) is 8.62. The van der Waals surface area contributed by atoms with E-state index in [-0.39, 0.29) is 0 Å². The quantitative estimate of drug-likeness (QED) is 0.633. The number of ether oxygens (including phenoxy) is 3. The highest BCUT2D eigenvalue weighted by Crippen LogP contribution is 2.19. The van der Waals surface area contributed by atoms with Crippen molar-refractivity contribution in [1.82, 2.24) is 0 Å². The normalized spacial score (nSPS) is 28.2. The summed E-state index contributed by atoms with van der Waals surface area (Å²) in [6.07, 6.45) is 2.81. The molecule has 0 bridgehead atoms. The Morgan fingerprint density at radius 2 is 1.46 bits per heavy atom. The molecular formula is C10H20O3. The molecule has 13 heavy (non-hydrogen) atoms. The Kier molecular flexibility index (Phi) is 5.35. The van der Waals surface area contributed by atoms with Crippen molar-refractivity contribution in [3.8, 4) is 0 Å². The molecule has 1 aliphatic rings. The van der Waals surface area contributed by atoms with Gasteiger partial charge in [-0.25, -0.2) is 0 Å². The standard InChI is InChI=1S/C10H20O3/c1-3-11-7-9-5-6-10(13-9)8-12-4-2/h9-10H,3-8H2,1-2H3. The van der Waals surface area contributed by atoms with Gasteiger partial charge in [0, 0.05) is 13.2 Å². The van der Waals surface area contributed by atoms with Crippen molar-refractivity contribution < 1.29 is 14.2 Å². The zero-order chi connectivity index (χ0) is 9.52. The van der Waals surface area contributed by atoms with Crippen LogP contribution in [0.15, 0.2) is 0 Å². The maximum absolute atomic E-state index is 5.72. The predicted molar refractivity (Wildman–Crippen MR) is 50.9 cm³/mol. The van der Waals surface area contributed by atoms with Gasteiger partial charge in [0.1, 0.15) is 0 Å². The molecular weight excluding hydrogens is 168 g/mol. The summed E-state index contributed by atoms with van der Waals surface area (Å²) < 4.78 is 16.3. The fraction of sp³-hybridized carbons (Fsp3) is 1.00. The summed E-state index contributed by atoms with van der Waals surface area (Å²) in [5.74, 6) is 0. The van der Waals surface area contributed by atoms with Gasteiger partial charge in [-0.05, 0) is 26.7 Å². The van der Waals surface area contributed by atoms with E-state index in [0.717, 1.165) is 39.3 Å². The average molecular weight is 188 g/mol. The molecule has 0 aliphatic carbocycles. The minimum atomic E-state index is 0.297. The topological polar surface area (TPSA) is 27.7 Å². The highest BCUT2D eigenvalue weighted by Gasteiger charge is 2.24. The minimum absolute atomic E-state index is 0.297. The van der Waals surface area contributed by atoms with Crippen molar-refractivity contribution in [3.63, 3.8) is 0 Å². The van der Waals surface area contributed by atoms with Crippen LogP contribution in [-0.2, 0) is 14.2 Å². The van der Waals surface area contributed by atoms with E-state index in [1.165, 1.54) is 0 Å². The lowest BCUT2D eigenvalue weighted by molar-refractivity contribution is -0.0421. The fourth-order valence-electron chi connectivity index (χ4n) is 1.52. The summed E-state index contributed by atoms with van der Waals surface area (Å²) in [6, 6.07) is 0. The van der Waals surface area contributed by atoms with Crippen LogP contribution in [0.5, 0.6) is 0 Å². The first kappa shape index (κ1) is 11.0. The Morgan fingerprint density at radius 3 is 1.85 bits per heavy atom. The van der Waals surface area contributed by atoms with Crippen molar-refractivity contribution in [2.24, 2.45) is 0 Å². The molecule has 0 saturated carbocycles. The summed E-state index contributed by atoms with van der Waals surface area (Å²) in [6.45, 7) is 7.03. The van der Waals surface area contributed by atoms with Crippen molar-refractivity contribution in [3.05, 3.63) is 0 Å². The van der Waals surface area contributed by atoms with Crippen molar-refractivity contribution in [2.45, 2.75) is 38.9 Å². The molecule has 2 atom stereocenters. The molecule has 1 rings (SSSR count). The summed E-state index contributed by atoms with van der Waals surface area (Å²) in [7, 11) is 0. The molecule has 0 N–H and O–H groups in total. The maximum atomic E-state index is 5.72. The van der Waals surface area contributed by atoms with Gasteiger partial charge in [-0.3, -0.25) is 0 Å². The Hall–Kier alpha value is -0.120. The van der Waals surface area contributed by atoms with Gasteiger partial charge in [-0.2, -0.15) is 0 Å². The van der Waals surface area contributed by atoms with Crippen molar-refractivity contribution >= 4 is 0 Å². The molecule has 3 nitrogen and oxygen atoms in total. The smallest absolute Gasteiger partial charge is 0.0814 e. The van der Waals surface area contributed by atoms with Gasteiger partial charge in [0.15, 0.2) is 0 Å². The molecule has 1 heterocycles. The van der Waals surface area contributed by atoms with E-state index in [0.29, 0.717) is 12.2 Å². The van der Waals surface area contributed by atoms with Gasteiger partial charge in [-0.1, -0.05) is 0 Å². The zero-order valence-electron chi connectivity index (χ0n) is 8.62. The molecule has 0 radical (unpaired) electrons. The molecule has 2 unspecified atom stereocenters. The van der Waals surface area contributed by atoms with Gasteiger partial charge in [0.25, 0.3) is 0 Å². The molecule has 0 aromatic rings. The highest BCUT2D eigenvalue weighted by molar-refractivity contribution is 4.72. The third-order valence-corrected chi connectivity index (χ3v) is 2.21. The molecule has 0 aromatic heterocycles. The summed E-state index contributed by atoms with van der Waals surface area (Å²) >= 11 is 0. The summed E-state index contributed by atoms with van der Waals surface area (Å²) in [5, 5.41) is 0. The van der Waals surface area contributed by atoms with E-state index in [1.807, 2.05) is 13.8 Å². The summed E-state index contributed by atoms with van der Waals surface area (Å²) in [4.78, 5) is 0. The van der Waals surface area contributed by atoms with E-state index >= 15 is 0 Å². The van der Waals surface area contributed by atoms with Gasteiger partial charge in [-0.15, -0.1) is 0 Å². The Balaban J connectivity index is 2.05. The molecule has 1 aliphatic heterocycles. The molecule has 0 spiro atoms. The lowest BCUT2D eigenvalue weighted by atomic mass is 10.2. The van der Waals surface area contributed by atoms with Gasteiger partial charge in [0.05, 0.1) is 25.4 Å². The monoisotopic (exact) mass is 188 g/mol. The molecule has 0 amide bonds. The lowest BCUT2D eigenvalue weighted by Crippen LogP contribution is -2.20. The molecule has 78 valence electrons. The van der Waals surface area contributed by atoms with Crippen LogP contribution in [0.1, 0.15) is 26.7 Å². The molecule has 1 fully saturated rings. The van der Waals surface area contributed by atoms with Crippen LogP contribution < -0.4 is 0 Å². The minimum Gasteiger partial charge on any atom is -0.379 e. The van der Waals surface area contributed by atoms with E-state index in [1.54, 1.807) is 0 Å². The Morgan fingerprint density at radius 1 is 1.00 bits per heavy atom. The van der Waals surface area contributed by atoms with Crippen LogP contribution in [-0.4, -0.2) is 38.6 Å². The number of hydrogen-bond donors (Lipinski definition) is 0. The van der Waals surface area contributed by atoms with Gasteiger partial charge in [0.2, 0.25) is 0 Å². The van der Waals surface area contributed by atoms with Crippen molar-refractivity contribution in [1.29, 1.82) is 0 Å². The van der Waals surface area contributed by atoms with Gasteiger partial charge < -0.3 is 14.2 Å². The Labute approximate surface area is 80.4 Å². The van der Waals surface area contributed by atoms with E-state index in [4.69, 9.17) is 14.2 Å². The average Bonchev–Trinajstić information content (AvgIpc) is 2.59. The highest BCUT2D eigenvalue weighted by atomic mass is 16.6. The second-order valence-electron chi connectivity index (χ2n) is 3.28. The van der Waals surface area contributed by atoms with Crippen LogP contribution >= 0.6 is 0 Å². The van der Waals surface area contributed by atoms with E-state index < -0.39 is 0 Å². The van der Waals surface area contributed by atoms with Crippen LogP contribution in [0.4, 0.5) is 0 Å². The summed E-state index contributed by atoms with van der Waals surface area (Å²) in [5.41, 5.74) is 0. The molecule has 1 saturated heterocycles. The first-order valence-corrected chi connectivity index (χ1v) is 5.17. The van der Waals surface area contributed by atoms with Gasteiger partial charge >= 0.3 is 0 Å². The Bertz CT molecular complexity index is 113. The fourth-order valence-corrected chi connectivity index (χ4v) is 1.52. The van der Waals surface area contributed by atoms with Crippen molar-refractivity contribution in [2.75, 3.05) is 26.4 Å². The lowest BCUT2D eigenvalue weighted by Gasteiger charge is -2.13. The number of rotatable bonds is 6. The molecule has 0 aromatic carbocycles.